The number of ketones is 1. The summed E-state index contributed by atoms with van der Waals surface area (Å²) < 4.78 is 0. The van der Waals surface area contributed by atoms with E-state index >= 15 is 0 Å². The fraction of sp³-hybridized carbons (Fsp3) is 0.636. The Balaban J connectivity index is 3.73. The molecule has 14 heavy (non-hydrogen) atoms. The van der Waals surface area contributed by atoms with Crippen LogP contribution in [0.4, 0.5) is 0 Å². The molecule has 0 bridgehead atoms. The zero-order chi connectivity index (χ0) is 11.0. The molecule has 1 N–H and O–H groups in total. The van der Waals surface area contributed by atoms with Crippen molar-refractivity contribution in [1.82, 2.24) is 0 Å². The quantitative estimate of drug-likeness (QED) is 0.505. The van der Waals surface area contributed by atoms with E-state index in [0.29, 0.717) is 6.42 Å². The monoisotopic (exact) mass is 198 g/mol. The maximum atomic E-state index is 11.2. The number of carbonyl (C=O) groups excluding carboxylic acids is 1. The summed E-state index contributed by atoms with van der Waals surface area (Å²) in [5.41, 5.74) is 0.244. The van der Waals surface area contributed by atoms with Crippen molar-refractivity contribution in [2.24, 2.45) is 0 Å². The van der Waals surface area contributed by atoms with Gasteiger partial charge in [-0.2, -0.15) is 0 Å². The number of allylic oxidation sites excluding steroid dienone is 1. The summed E-state index contributed by atoms with van der Waals surface area (Å²) in [7, 11) is 0. The summed E-state index contributed by atoms with van der Waals surface area (Å²) in [6, 6.07) is 0. The Hall–Kier alpha value is -1.12. The molecule has 3 heteroatoms. The third-order valence-corrected chi connectivity index (χ3v) is 2.03. The van der Waals surface area contributed by atoms with Crippen LogP contribution in [-0.2, 0) is 9.59 Å². The van der Waals surface area contributed by atoms with E-state index in [2.05, 4.69) is 6.92 Å². The van der Waals surface area contributed by atoms with Crippen LogP contribution in [0.5, 0.6) is 0 Å². The third kappa shape index (κ3) is 6.40. The van der Waals surface area contributed by atoms with E-state index in [1.807, 2.05) is 0 Å². The molecular formula is C11H18O3. The first-order chi connectivity index (χ1) is 6.57. The van der Waals surface area contributed by atoms with Crippen molar-refractivity contribution in [3.05, 3.63) is 11.6 Å². The number of carboxylic acid groups (broad SMARTS) is 1. The topological polar surface area (TPSA) is 54.4 Å². The molecule has 0 spiro atoms. The Morgan fingerprint density at radius 2 is 1.93 bits per heavy atom. The zero-order valence-electron chi connectivity index (χ0n) is 8.88. The smallest absolute Gasteiger partial charge is 0.330 e. The maximum absolute atomic E-state index is 11.2. The predicted octanol–water partition coefficient (Wildman–Crippen LogP) is 2.56. The van der Waals surface area contributed by atoms with Crippen LogP contribution >= 0.6 is 0 Å². The van der Waals surface area contributed by atoms with E-state index in [1.54, 1.807) is 0 Å². The lowest BCUT2D eigenvalue weighted by atomic mass is 10.1. The molecule has 0 aliphatic carbocycles. The van der Waals surface area contributed by atoms with Gasteiger partial charge >= 0.3 is 5.97 Å². The lowest BCUT2D eigenvalue weighted by molar-refractivity contribution is -0.132. The number of unbranched alkanes of at least 4 members (excludes halogenated alkanes) is 2. The molecule has 0 rings (SSSR count). The van der Waals surface area contributed by atoms with Crippen LogP contribution in [0, 0.1) is 0 Å². The van der Waals surface area contributed by atoms with E-state index in [0.717, 1.165) is 19.3 Å². The third-order valence-electron chi connectivity index (χ3n) is 2.03. The van der Waals surface area contributed by atoms with Crippen molar-refractivity contribution in [3.8, 4) is 0 Å². The molecule has 0 amide bonds. The van der Waals surface area contributed by atoms with Crippen LogP contribution in [0.2, 0.25) is 0 Å². The molecule has 80 valence electrons. The maximum Gasteiger partial charge on any atom is 0.330 e. The van der Waals surface area contributed by atoms with Crippen molar-refractivity contribution in [2.45, 2.75) is 46.0 Å². The van der Waals surface area contributed by atoms with Crippen LogP contribution < -0.4 is 0 Å². The fourth-order valence-electron chi connectivity index (χ4n) is 1.03. The molecule has 0 heterocycles. The van der Waals surface area contributed by atoms with Gasteiger partial charge in [0.1, 0.15) is 5.78 Å². The first-order valence-corrected chi connectivity index (χ1v) is 4.99. The van der Waals surface area contributed by atoms with Crippen LogP contribution in [-0.4, -0.2) is 16.9 Å². The van der Waals surface area contributed by atoms with Crippen molar-refractivity contribution >= 4 is 11.8 Å². The van der Waals surface area contributed by atoms with Gasteiger partial charge < -0.3 is 5.11 Å². The normalized spacial score (nSPS) is 11.4. The van der Waals surface area contributed by atoms with Crippen LogP contribution in [0.25, 0.3) is 0 Å². The molecule has 0 radical (unpaired) electrons. The second-order valence-electron chi connectivity index (χ2n) is 3.39. The first kappa shape index (κ1) is 12.9. The van der Waals surface area contributed by atoms with Gasteiger partial charge in [-0.25, -0.2) is 4.79 Å². The molecule has 3 nitrogen and oxygen atoms in total. The van der Waals surface area contributed by atoms with Crippen molar-refractivity contribution in [3.63, 3.8) is 0 Å². The average Bonchev–Trinajstić information content (AvgIpc) is 2.14. The number of carbonyl (C=O) groups is 2. The van der Waals surface area contributed by atoms with E-state index in [9.17, 15) is 9.59 Å². The van der Waals surface area contributed by atoms with Gasteiger partial charge in [0.15, 0.2) is 0 Å². The predicted molar refractivity (Wildman–Crippen MR) is 55.2 cm³/mol. The number of hydrogen-bond donors (Lipinski definition) is 1. The van der Waals surface area contributed by atoms with Crippen molar-refractivity contribution in [1.29, 1.82) is 0 Å². The van der Waals surface area contributed by atoms with Crippen LogP contribution in [0.15, 0.2) is 11.6 Å². The van der Waals surface area contributed by atoms with Gasteiger partial charge in [0.05, 0.1) is 0 Å². The molecule has 0 aromatic heterocycles. The molecule has 0 aliphatic heterocycles. The number of Topliss-reactive ketones (excluding diaryl/α,β-unsaturated/α-hetero) is 1. The van der Waals surface area contributed by atoms with E-state index in [-0.39, 0.29) is 17.8 Å². The van der Waals surface area contributed by atoms with Crippen molar-refractivity contribution in [2.75, 3.05) is 0 Å². The lowest BCUT2D eigenvalue weighted by Crippen LogP contribution is -2.00. The van der Waals surface area contributed by atoms with Crippen LogP contribution in [0.3, 0.4) is 0 Å². The minimum absolute atomic E-state index is 0.124. The van der Waals surface area contributed by atoms with E-state index in [4.69, 9.17) is 5.11 Å². The highest BCUT2D eigenvalue weighted by atomic mass is 16.4. The fourth-order valence-corrected chi connectivity index (χ4v) is 1.03. The molecular weight excluding hydrogens is 180 g/mol. The number of aliphatic carboxylic acids is 1. The van der Waals surface area contributed by atoms with Gasteiger partial charge in [-0.1, -0.05) is 25.8 Å². The summed E-state index contributed by atoms with van der Waals surface area (Å²) in [5, 5.41) is 8.53. The second-order valence-corrected chi connectivity index (χ2v) is 3.39. The molecule has 0 aliphatic rings. The zero-order valence-corrected chi connectivity index (χ0v) is 8.88. The molecule has 0 saturated heterocycles. The Kier molecular flexibility index (Phi) is 6.72. The second kappa shape index (κ2) is 7.30. The SMILES string of the molecule is CCCCCC(=O)C/C=C(\C)C(=O)O. The van der Waals surface area contributed by atoms with Gasteiger partial charge in [-0.15, -0.1) is 0 Å². The minimum Gasteiger partial charge on any atom is -0.478 e. The summed E-state index contributed by atoms with van der Waals surface area (Å²) in [6.07, 6.45) is 5.37. The van der Waals surface area contributed by atoms with E-state index in [1.165, 1.54) is 13.0 Å². The van der Waals surface area contributed by atoms with Gasteiger partial charge in [0, 0.05) is 18.4 Å². The Bertz CT molecular complexity index is 229. The highest BCUT2D eigenvalue weighted by Gasteiger charge is 2.02. The Morgan fingerprint density at radius 1 is 1.29 bits per heavy atom. The number of hydrogen-bond acceptors (Lipinski definition) is 2. The van der Waals surface area contributed by atoms with Crippen molar-refractivity contribution < 1.29 is 14.7 Å². The number of carboxylic acids is 1. The summed E-state index contributed by atoms with van der Waals surface area (Å²) in [5.74, 6) is -0.828. The standard InChI is InChI=1S/C11H18O3/c1-3-4-5-6-10(12)8-7-9(2)11(13)14/h7H,3-6,8H2,1-2H3,(H,13,14)/b9-7+. The largest absolute Gasteiger partial charge is 0.478 e. The molecule has 0 atom stereocenters. The summed E-state index contributed by atoms with van der Waals surface area (Å²) in [6.45, 7) is 3.58. The average molecular weight is 198 g/mol. The molecule has 0 aromatic rings. The Morgan fingerprint density at radius 3 is 2.43 bits per heavy atom. The minimum atomic E-state index is -0.952. The van der Waals surface area contributed by atoms with Gasteiger partial charge in [0.2, 0.25) is 0 Å². The lowest BCUT2D eigenvalue weighted by Gasteiger charge is -1.97. The van der Waals surface area contributed by atoms with Gasteiger partial charge in [-0.3, -0.25) is 4.79 Å². The first-order valence-electron chi connectivity index (χ1n) is 4.99. The molecule has 0 fully saturated rings. The molecule has 0 aromatic carbocycles. The van der Waals surface area contributed by atoms with Crippen LogP contribution in [0.1, 0.15) is 46.0 Å². The van der Waals surface area contributed by atoms with Gasteiger partial charge in [0.25, 0.3) is 0 Å². The van der Waals surface area contributed by atoms with Gasteiger partial charge in [-0.05, 0) is 13.3 Å². The van der Waals surface area contributed by atoms with E-state index < -0.39 is 5.97 Å². The summed E-state index contributed by atoms with van der Waals surface area (Å²) >= 11 is 0. The molecule has 0 saturated carbocycles. The highest BCUT2D eigenvalue weighted by Crippen LogP contribution is 2.04. The highest BCUT2D eigenvalue weighted by molar-refractivity contribution is 5.87. The summed E-state index contributed by atoms with van der Waals surface area (Å²) in [4.78, 5) is 21.6. The Labute approximate surface area is 84.8 Å². The number of rotatable bonds is 7. The molecule has 0 unspecified atom stereocenters.